The zero-order valence-electron chi connectivity index (χ0n) is 63.0. The van der Waals surface area contributed by atoms with E-state index in [1.54, 1.807) is 16.3 Å². The highest BCUT2D eigenvalue weighted by Gasteiger charge is 2.42. The number of fused-ring (bicyclic) bond motifs is 14. The molecule has 0 bridgehead atoms. The monoisotopic (exact) mass is 1300 g/mol. The molecular weight excluding hydrogens is 1230 g/mol. The van der Waals surface area contributed by atoms with Crippen LogP contribution in [0.5, 0.6) is 0 Å². The number of rotatable bonds is 9. The van der Waals surface area contributed by atoms with E-state index in [4.69, 9.17) is 2.74 Å². The predicted molar refractivity (Wildman–Crippen MR) is 426 cm³/mol. The molecule has 0 radical (unpaired) electrons. The van der Waals surface area contributed by atoms with E-state index in [1.165, 1.54) is 5.56 Å². The van der Waals surface area contributed by atoms with Crippen LogP contribution < -0.4 is 21.7 Å². The summed E-state index contributed by atoms with van der Waals surface area (Å²) >= 11 is 1.66. The van der Waals surface area contributed by atoms with Crippen molar-refractivity contribution >= 4 is 112 Å². The predicted octanol–water partition coefficient (Wildman–Crippen LogP) is 23.3. The molecule has 0 spiro atoms. The van der Waals surface area contributed by atoms with E-state index in [1.807, 2.05) is 6.07 Å². The second-order valence-corrected chi connectivity index (χ2v) is 28.4. The van der Waals surface area contributed by atoms with Crippen molar-refractivity contribution in [3.63, 3.8) is 0 Å². The molecule has 0 atom stereocenters. The molecule has 0 fully saturated rings. The van der Waals surface area contributed by atoms with Gasteiger partial charge in [-0.1, -0.05) is 274 Å². The first kappa shape index (κ1) is 50.3. The maximum absolute atomic E-state index is 9.84. The fourth-order valence-electron chi connectivity index (χ4n) is 16.1. The zero-order valence-corrected chi connectivity index (χ0v) is 55.8. The number of nitrogens with zero attached hydrogens (tertiary/aromatic N) is 3. The summed E-state index contributed by atoms with van der Waals surface area (Å²) in [5.74, 6) is 0. The maximum atomic E-state index is 9.84. The van der Waals surface area contributed by atoms with Crippen molar-refractivity contribution in [2.24, 2.45) is 0 Å². The molecule has 4 nitrogen and oxygen atoms in total. The minimum absolute atomic E-state index is 0.0150. The Kier molecular flexibility index (Phi) is 11.4. The van der Waals surface area contributed by atoms with E-state index in [9.17, 15) is 8.22 Å². The van der Waals surface area contributed by atoms with Gasteiger partial charge in [-0.2, -0.15) is 0 Å². The normalized spacial score (nSPS) is 13.7. The lowest BCUT2D eigenvalue weighted by Gasteiger charge is -2.37. The Labute approximate surface area is 597 Å². The second-order valence-electron chi connectivity index (χ2n) is 27.4. The van der Waals surface area contributed by atoms with Crippen LogP contribution in [0.15, 0.2) is 343 Å². The van der Waals surface area contributed by atoms with E-state index in [-0.39, 0.29) is 51.4 Å². The largest absolute Gasteiger partial charge is 0.356 e. The van der Waals surface area contributed by atoms with Crippen molar-refractivity contribution in [3.05, 3.63) is 339 Å². The van der Waals surface area contributed by atoms with Gasteiger partial charge in [-0.15, -0.1) is 0 Å². The standard InChI is InChI=1S/C94H65BN4S/c1-94(2,3)66-55-75(61-31-13-6-14-32-61)88(76(56-66)62-33-15-7-16-34-62)90-70(63-45-49-85-77(54-63)73-39-21-25-43-83(73)97(85)67-35-17-8-18-36-67)46-47-78-92(90)96-80-57-69(98-81-41-23-19-37-71(81)72-38-20-24-42-82(72)98)58-87-91(80)95(78)79-48-50-86-89(93(79)100-87)74-40-22-26-44-84(74)99(86)68-52-64(59-27-9-4-10-28-59)51-65(53-68)60-29-11-5-12-30-60/h4-58,96H,1-3H3/i19D,20D,23D,24D,37D,38D,41D,42D. The van der Waals surface area contributed by atoms with Gasteiger partial charge in [0.15, 0.2) is 0 Å². The van der Waals surface area contributed by atoms with Crippen molar-refractivity contribution in [2.45, 2.75) is 36.0 Å². The number of anilines is 2. The van der Waals surface area contributed by atoms with Crippen LogP contribution in [-0.2, 0) is 5.41 Å². The van der Waals surface area contributed by atoms with Gasteiger partial charge >= 0.3 is 0 Å². The van der Waals surface area contributed by atoms with Gasteiger partial charge < -0.3 is 19.0 Å². The third-order valence-corrected chi connectivity index (χ3v) is 21.9. The van der Waals surface area contributed by atoms with Gasteiger partial charge in [0, 0.05) is 81.7 Å². The van der Waals surface area contributed by atoms with Crippen molar-refractivity contribution in [3.8, 4) is 83.8 Å². The van der Waals surface area contributed by atoms with Gasteiger partial charge in [-0.3, -0.25) is 0 Å². The second kappa shape index (κ2) is 22.8. The van der Waals surface area contributed by atoms with E-state index in [2.05, 4.69) is 314 Å². The molecule has 1 N–H and O–H groups in total. The summed E-state index contributed by atoms with van der Waals surface area (Å²) in [6.07, 6.45) is 0. The lowest BCUT2D eigenvalue weighted by molar-refractivity contribution is 0.591. The highest BCUT2D eigenvalue weighted by atomic mass is 32.2. The minimum Gasteiger partial charge on any atom is -0.356 e. The van der Waals surface area contributed by atoms with Gasteiger partial charge in [0.2, 0.25) is 6.71 Å². The minimum atomic E-state index is -0.497. The maximum Gasteiger partial charge on any atom is 0.249 e. The summed E-state index contributed by atoms with van der Waals surface area (Å²) in [6.45, 7) is 6.40. The summed E-state index contributed by atoms with van der Waals surface area (Å²) in [6, 6.07) is 99.0. The van der Waals surface area contributed by atoms with Crippen molar-refractivity contribution < 1.29 is 11.0 Å². The van der Waals surface area contributed by atoms with Crippen molar-refractivity contribution in [1.29, 1.82) is 0 Å². The molecular formula is C94H65BN4S. The van der Waals surface area contributed by atoms with E-state index >= 15 is 0 Å². The van der Waals surface area contributed by atoms with E-state index in [0.717, 1.165) is 159 Å². The van der Waals surface area contributed by atoms with Crippen LogP contribution in [0.2, 0.25) is 0 Å². The topological polar surface area (TPSA) is 26.8 Å². The highest BCUT2D eigenvalue weighted by Crippen LogP contribution is 2.53. The average Bonchev–Trinajstić information content (AvgIpc) is 1.28. The van der Waals surface area contributed by atoms with Gasteiger partial charge in [-0.25, -0.2) is 0 Å². The molecule has 0 unspecified atom stereocenters. The summed E-state index contributed by atoms with van der Waals surface area (Å²) < 4.78 is 81.9. The van der Waals surface area contributed by atoms with Crippen LogP contribution in [0.25, 0.3) is 149 Å². The quantitative estimate of drug-likeness (QED) is 0.146. The van der Waals surface area contributed by atoms with Crippen LogP contribution in [0.1, 0.15) is 37.3 Å². The van der Waals surface area contributed by atoms with E-state index < -0.39 is 30.9 Å². The van der Waals surface area contributed by atoms with Gasteiger partial charge in [0.05, 0.1) is 44.1 Å². The molecule has 6 heteroatoms. The smallest absolute Gasteiger partial charge is 0.249 e. The lowest BCUT2D eigenvalue weighted by atomic mass is 9.34. The molecule has 470 valence electrons. The first-order chi connectivity index (χ1) is 52.6. The SMILES string of the molecule is [2H]c1c([2H])c([2H])c2c(c1[2H])c1c([2H])c([2H])c([2H])c([2H])c1n2-c1cc2c3c(c1)Sc1c(ccc4c1c1ccccc1n4-c1cc(-c4ccccc4)cc(-c4ccccc4)c1)B3c1ccc(-c3ccc4c(c3)c3ccccc3n4-c3ccccc3)c(-c3c(-c4ccccc4)cc(C(C)(C)C)cc3-c3ccccc3)c1N2. The van der Waals surface area contributed by atoms with Crippen LogP contribution in [0.3, 0.4) is 0 Å². The van der Waals surface area contributed by atoms with Gasteiger partial charge in [0.1, 0.15) is 0 Å². The molecule has 18 aromatic rings. The highest BCUT2D eigenvalue weighted by molar-refractivity contribution is 8.00. The fraction of sp³-hybridized carbons (Fsp3) is 0.0426. The van der Waals surface area contributed by atoms with Crippen LogP contribution >= 0.6 is 11.8 Å². The lowest BCUT2D eigenvalue weighted by Crippen LogP contribution is -2.58. The summed E-state index contributed by atoms with van der Waals surface area (Å²) in [7, 11) is 0. The first-order valence-electron chi connectivity index (χ1n) is 38.1. The van der Waals surface area contributed by atoms with Gasteiger partial charge in [0.25, 0.3) is 0 Å². The number of hydrogen-bond acceptors (Lipinski definition) is 2. The van der Waals surface area contributed by atoms with Gasteiger partial charge in [-0.05, 0) is 175 Å². The Hall–Kier alpha value is -12.1. The molecule has 0 aliphatic carbocycles. The van der Waals surface area contributed by atoms with Crippen LogP contribution in [0.4, 0.5) is 11.4 Å². The molecule has 2 aliphatic rings. The Morgan fingerprint density at radius 1 is 0.350 bits per heavy atom. The molecule has 100 heavy (non-hydrogen) atoms. The van der Waals surface area contributed by atoms with Crippen molar-refractivity contribution in [1.82, 2.24) is 13.7 Å². The number of para-hydroxylation sites is 5. The molecule has 3 aromatic heterocycles. The third kappa shape index (κ3) is 9.10. The Morgan fingerprint density at radius 2 is 0.850 bits per heavy atom. The molecule has 15 aromatic carbocycles. The number of aromatic nitrogens is 3. The Bertz CT molecular complexity index is 6680. The molecule has 0 saturated carbocycles. The molecule has 5 heterocycles. The average molecular weight is 1300 g/mol. The van der Waals surface area contributed by atoms with E-state index in [0.29, 0.717) is 5.69 Å². The van der Waals surface area contributed by atoms with Crippen LogP contribution in [0, 0.1) is 0 Å². The number of hydrogen-bond donors (Lipinski definition) is 1. The number of benzene rings is 15. The molecule has 2 aliphatic heterocycles. The third-order valence-electron chi connectivity index (χ3n) is 20.7. The fourth-order valence-corrected chi connectivity index (χ4v) is 17.5. The molecule has 0 amide bonds. The number of nitrogens with one attached hydrogen (secondary N) is 1. The molecule has 20 rings (SSSR count). The first-order valence-corrected chi connectivity index (χ1v) is 34.9. The summed E-state index contributed by atoms with van der Waals surface area (Å²) in [5, 5.41) is 8.65. The zero-order chi connectivity index (χ0) is 73.3. The summed E-state index contributed by atoms with van der Waals surface area (Å²) in [5.41, 5.74) is 25.0. The Morgan fingerprint density at radius 3 is 1.47 bits per heavy atom. The van der Waals surface area contributed by atoms with Crippen molar-refractivity contribution in [2.75, 3.05) is 5.32 Å². The summed E-state index contributed by atoms with van der Waals surface area (Å²) in [4.78, 5) is 1.91. The molecule has 0 saturated heterocycles. The van der Waals surface area contributed by atoms with Crippen LogP contribution in [-0.4, -0.2) is 20.4 Å². The Balaban J connectivity index is 0.935.